The smallest absolute Gasteiger partial charge is 0.235 e. The Morgan fingerprint density at radius 3 is 2.44 bits per heavy atom. The predicted molar refractivity (Wildman–Crippen MR) is 65.5 cm³/mol. The molecular formula is C11H8BrF3N3+. The maximum Gasteiger partial charge on any atom is 0.416 e. The highest BCUT2D eigenvalue weighted by Gasteiger charge is 2.41. The molecular weight excluding hydrogens is 311 g/mol. The van der Waals surface area contributed by atoms with Crippen LogP contribution in [0.1, 0.15) is 5.56 Å². The van der Waals surface area contributed by atoms with E-state index in [1.54, 1.807) is 14.1 Å². The van der Waals surface area contributed by atoms with Gasteiger partial charge in [0.25, 0.3) is 0 Å². The van der Waals surface area contributed by atoms with Crippen molar-refractivity contribution < 1.29 is 13.2 Å². The molecule has 0 aromatic heterocycles. The third-order valence-corrected chi connectivity index (χ3v) is 3.39. The molecule has 18 heavy (non-hydrogen) atoms. The fraction of sp³-hybridized carbons (Fsp3) is 0.273. The Hall–Kier alpha value is -1.39. The summed E-state index contributed by atoms with van der Waals surface area (Å²) in [4.78, 5) is 3.96. The second kappa shape index (κ2) is 3.80. The first-order valence-corrected chi connectivity index (χ1v) is 5.72. The summed E-state index contributed by atoms with van der Waals surface area (Å²) < 4.78 is 38.3. The number of nitrogens with zero attached hydrogens (tertiary/aromatic N) is 3. The highest BCUT2D eigenvalue weighted by molar-refractivity contribution is 9.10. The van der Waals surface area contributed by atoms with E-state index in [2.05, 4.69) is 20.9 Å². The van der Waals surface area contributed by atoms with Gasteiger partial charge in [0.2, 0.25) is 0 Å². The normalized spacial score (nSPS) is 17.1. The summed E-state index contributed by atoms with van der Waals surface area (Å²) in [6.07, 6.45) is -4.43. The van der Waals surface area contributed by atoms with Crippen LogP contribution in [-0.4, -0.2) is 19.9 Å². The van der Waals surface area contributed by atoms with Crippen LogP contribution in [0, 0.1) is 11.3 Å². The number of nitriles is 1. The van der Waals surface area contributed by atoms with E-state index < -0.39 is 11.7 Å². The van der Waals surface area contributed by atoms with Gasteiger partial charge in [-0.1, -0.05) is 0 Å². The SMILES string of the molecule is C[N+]1(C)C(C#N)=Nc2cc(C(F)(F)F)cc(Br)c21. The minimum absolute atomic E-state index is 0.0323. The van der Waals surface area contributed by atoms with E-state index in [1.165, 1.54) is 0 Å². The van der Waals surface area contributed by atoms with E-state index in [-0.39, 0.29) is 16.0 Å². The first kappa shape index (κ1) is 13.1. The van der Waals surface area contributed by atoms with Gasteiger partial charge in [-0.15, -0.1) is 0 Å². The minimum Gasteiger partial charge on any atom is -0.235 e. The molecule has 7 heteroatoms. The molecule has 94 valence electrons. The number of fused-ring (bicyclic) bond motifs is 1. The molecule has 3 nitrogen and oxygen atoms in total. The second-order valence-corrected chi connectivity index (χ2v) is 5.18. The zero-order valence-corrected chi connectivity index (χ0v) is 11.1. The van der Waals surface area contributed by atoms with Gasteiger partial charge in [-0.05, 0) is 28.1 Å². The second-order valence-electron chi connectivity index (χ2n) is 4.32. The monoisotopic (exact) mass is 318 g/mol. The van der Waals surface area contributed by atoms with Crippen molar-refractivity contribution >= 4 is 33.1 Å². The van der Waals surface area contributed by atoms with E-state index in [9.17, 15) is 13.2 Å². The van der Waals surface area contributed by atoms with Crippen LogP contribution in [0.3, 0.4) is 0 Å². The molecule has 0 spiro atoms. The Kier molecular flexibility index (Phi) is 2.76. The number of alkyl halides is 3. The van der Waals surface area contributed by atoms with Crippen molar-refractivity contribution in [2.24, 2.45) is 4.99 Å². The molecule has 2 rings (SSSR count). The molecule has 1 aromatic rings. The van der Waals surface area contributed by atoms with Gasteiger partial charge in [0.05, 0.1) is 24.1 Å². The van der Waals surface area contributed by atoms with Crippen molar-refractivity contribution in [3.05, 3.63) is 22.2 Å². The Bertz CT molecular complexity index is 597. The zero-order valence-electron chi connectivity index (χ0n) is 9.51. The highest BCUT2D eigenvalue weighted by Crippen LogP contribution is 2.47. The summed E-state index contributed by atoms with van der Waals surface area (Å²) in [6, 6.07) is 3.88. The van der Waals surface area contributed by atoms with Gasteiger partial charge in [0.15, 0.2) is 11.8 Å². The van der Waals surface area contributed by atoms with Crippen molar-refractivity contribution in [3.63, 3.8) is 0 Å². The first-order valence-electron chi connectivity index (χ1n) is 4.92. The number of benzene rings is 1. The third-order valence-electron chi connectivity index (χ3n) is 2.79. The lowest BCUT2D eigenvalue weighted by atomic mass is 10.1. The summed E-state index contributed by atoms with van der Waals surface area (Å²) in [7, 11) is 3.40. The molecule has 0 bridgehead atoms. The molecule has 0 radical (unpaired) electrons. The Morgan fingerprint density at radius 1 is 1.33 bits per heavy atom. The molecule has 0 fully saturated rings. The highest BCUT2D eigenvalue weighted by atomic mass is 79.9. The van der Waals surface area contributed by atoms with Crippen molar-refractivity contribution in [1.82, 2.24) is 4.48 Å². The number of hydrogen-bond donors (Lipinski definition) is 0. The zero-order chi connectivity index (χ0) is 13.7. The van der Waals surface area contributed by atoms with E-state index >= 15 is 0 Å². The quantitative estimate of drug-likeness (QED) is 0.673. The average molecular weight is 319 g/mol. The van der Waals surface area contributed by atoms with Crippen molar-refractivity contribution in [2.45, 2.75) is 6.18 Å². The van der Waals surface area contributed by atoms with Crippen molar-refractivity contribution in [3.8, 4) is 6.07 Å². The molecule has 0 amide bonds. The van der Waals surface area contributed by atoms with Crippen LogP contribution in [0.25, 0.3) is 0 Å². The largest absolute Gasteiger partial charge is 0.416 e. The minimum atomic E-state index is -4.43. The molecule has 1 aliphatic rings. The Labute approximate surface area is 110 Å². The van der Waals surface area contributed by atoms with Crippen molar-refractivity contribution in [1.29, 1.82) is 5.26 Å². The van der Waals surface area contributed by atoms with Crippen LogP contribution in [0.4, 0.5) is 24.5 Å². The van der Waals surface area contributed by atoms with Gasteiger partial charge in [-0.3, -0.25) is 0 Å². The lowest BCUT2D eigenvalue weighted by Crippen LogP contribution is -2.43. The van der Waals surface area contributed by atoms with E-state index in [0.717, 1.165) is 12.1 Å². The predicted octanol–water partition coefficient (Wildman–Crippen LogP) is 3.60. The average Bonchev–Trinajstić information content (AvgIpc) is 2.48. The fourth-order valence-electron chi connectivity index (χ4n) is 1.88. The fourth-order valence-corrected chi connectivity index (χ4v) is 2.77. The summed E-state index contributed by atoms with van der Waals surface area (Å²) in [5.41, 5.74) is -0.0473. The van der Waals surface area contributed by atoms with Gasteiger partial charge >= 0.3 is 12.0 Å². The number of aliphatic imine (C=N–C) groups is 1. The third kappa shape index (κ3) is 1.82. The number of halogens is 4. The van der Waals surface area contributed by atoms with Crippen LogP contribution >= 0.6 is 15.9 Å². The van der Waals surface area contributed by atoms with Crippen LogP contribution in [-0.2, 0) is 6.18 Å². The van der Waals surface area contributed by atoms with Crippen LogP contribution < -0.4 is 4.48 Å². The van der Waals surface area contributed by atoms with E-state index in [0.29, 0.717) is 10.2 Å². The van der Waals surface area contributed by atoms with Gasteiger partial charge in [0.1, 0.15) is 5.69 Å². The lowest BCUT2D eigenvalue weighted by molar-refractivity contribution is -0.137. The molecule has 0 N–H and O–H groups in total. The van der Waals surface area contributed by atoms with Crippen LogP contribution in [0.15, 0.2) is 21.6 Å². The molecule has 0 unspecified atom stereocenters. The summed E-state index contributed by atoms with van der Waals surface area (Å²) >= 11 is 3.12. The Morgan fingerprint density at radius 2 is 1.94 bits per heavy atom. The van der Waals surface area contributed by atoms with E-state index in [4.69, 9.17) is 5.26 Å². The first-order chi connectivity index (χ1) is 8.17. The number of quaternary nitrogens is 1. The van der Waals surface area contributed by atoms with Gasteiger partial charge in [0, 0.05) is 0 Å². The topological polar surface area (TPSA) is 36.1 Å². The molecule has 1 aromatic carbocycles. The van der Waals surface area contributed by atoms with Crippen molar-refractivity contribution in [2.75, 3.05) is 14.1 Å². The molecule has 0 atom stereocenters. The molecule has 1 heterocycles. The maximum absolute atomic E-state index is 12.7. The Balaban J connectivity index is 2.70. The number of amidine groups is 1. The summed E-state index contributed by atoms with van der Waals surface area (Å²) in [5.74, 6) is 0.157. The molecule has 1 aliphatic heterocycles. The van der Waals surface area contributed by atoms with E-state index in [1.807, 2.05) is 6.07 Å². The van der Waals surface area contributed by atoms with Crippen LogP contribution in [0.2, 0.25) is 0 Å². The van der Waals surface area contributed by atoms with Gasteiger partial charge in [-0.2, -0.15) is 23.4 Å². The lowest BCUT2D eigenvalue weighted by Gasteiger charge is -2.23. The number of rotatable bonds is 0. The number of hydrogen-bond acceptors (Lipinski definition) is 2. The van der Waals surface area contributed by atoms with Gasteiger partial charge in [-0.25, -0.2) is 4.48 Å². The van der Waals surface area contributed by atoms with Gasteiger partial charge < -0.3 is 0 Å². The molecule has 0 saturated heterocycles. The summed E-state index contributed by atoms with van der Waals surface area (Å²) in [5, 5.41) is 8.96. The summed E-state index contributed by atoms with van der Waals surface area (Å²) in [6.45, 7) is 0. The molecule has 0 saturated carbocycles. The molecule has 0 aliphatic carbocycles. The maximum atomic E-state index is 12.7. The standard InChI is InChI=1S/C11H8BrF3N3/c1-18(2)9(5-16)17-8-4-6(11(13,14)15)3-7(12)10(8)18/h3-4H,1-2H3/q+1. The van der Waals surface area contributed by atoms with Crippen LogP contribution in [0.5, 0.6) is 0 Å².